The maximum Gasteiger partial charge on any atom is 0.267 e. The highest BCUT2D eigenvalue weighted by atomic mass is 16.5. The lowest BCUT2D eigenvalue weighted by Gasteiger charge is -2.36. The van der Waals surface area contributed by atoms with Crippen molar-refractivity contribution >= 4 is 29.3 Å². The molecule has 1 atom stereocenters. The lowest BCUT2D eigenvalue weighted by atomic mass is 9.78. The van der Waals surface area contributed by atoms with Gasteiger partial charge in [-0.15, -0.1) is 10.2 Å². The van der Waals surface area contributed by atoms with E-state index in [1.807, 2.05) is 36.4 Å². The van der Waals surface area contributed by atoms with Crippen LogP contribution >= 0.6 is 0 Å². The summed E-state index contributed by atoms with van der Waals surface area (Å²) in [5.74, 6) is 0.437. The summed E-state index contributed by atoms with van der Waals surface area (Å²) >= 11 is 0. The van der Waals surface area contributed by atoms with Gasteiger partial charge >= 0.3 is 0 Å². The lowest BCUT2D eigenvalue weighted by Crippen LogP contribution is -2.54. The maximum absolute atomic E-state index is 13.2. The molecule has 1 saturated heterocycles. The van der Waals surface area contributed by atoms with Crippen LogP contribution in [0.3, 0.4) is 0 Å². The number of nitrogens with zero attached hydrogens (tertiary/aromatic N) is 5. The van der Waals surface area contributed by atoms with Crippen molar-refractivity contribution in [3.05, 3.63) is 107 Å². The number of aromatic nitrogens is 4. The third-order valence-corrected chi connectivity index (χ3v) is 9.96. The number of benzene rings is 3. The Kier molecular flexibility index (Phi) is 8.44. The summed E-state index contributed by atoms with van der Waals surface area (Å²) in [5.41, 5.74) is 3.64. The van der Waals surface area contributed by atoms with Crippen molar-refractivity contribution in [2.75, 3.05) is 5.32 Å². The smallest absolute Gasteiger partial charge is 0.267 e. The number of amides is 4. The summed E-state index contributed by atoms with van der Waals surface area (Å²) in [7, 11) is 0. The Bertz CT molecular complexity index is 2230. The second kappa shape index (κ2) is 13.3. The first kappa shape index (κ1) is 33.7. The average Bonchev–Trinajstić information content (AvgIpc) is 3.68. The summed E-state index contributed by atoms with van der Waals surface area (Å²) < 4.78 is 17.6. The molecule has 3 aromatic carbocycles. The Morgan fingerprint density at radius 1 is 0.849 bits per heavy atom. The molecule has 1 saturated carbocycles. The third kappa shape index (κ3) is 6.59. The van der Waals surface area contributed by atoms with Crippen molar-refractivity contribution in [1.29, 1.82) is 0 Å². The summed E-state index contributed by atoms with van der Waals surface area (Å²) in [6.45, 7) is 6.04. The van der Waals surface area contributed by atoms with Gasteiger partial charge in [0, 0.05) is 43.3 Å². The van der Waals surface area contributed by atoms with Gasteiger partial charge in [0.25, 0.3) is 17.7 Å². The van der Waals surface area contributed by atoms with Crippen LogP contribution in [0.4, 0.5) is 5.69 Å². The van der Waals surface area contributed by atoms with Crippen LogP contribution in [0.15, 0.2) is 83.5 Å². The van der Waals surface area contributed by atoms with Gasteiger partial charge in [-0.3, -0.25) is 29.4 Å². The number of imide groups is 2. The molecular formula is C39H35N7O7. The number of ether oxygens (including phenoxy) is 2. The zero-order valence-electron chi connectivity index (χ0n) is 29.2. The average molecular weight is 714 g/mol. The first-order valence-electron chi connectivity index (χ1n) is 17.3. The summed E-state index contributed by atoms with van der Waals surface area (Å²) in [4.78, 5) is 59.7. The van der Waals surface area contributed by atoms with Gasteiger partial charge in [-0.05, 0) is 60.0 Å². The fraction of sp³-hybridized carbons (Fsp3) is 0.282. The molecule has 2 aliphatic heterocycles. The molecule has 2 N–H and O–H groups in total. The fourth-order valence-corrected chi connectivity index (χ4v) is 6.83. The molecule has 1 unspecified atom stereocenters. The summed E-state index contributed by atoms with van der Waals surface area (Å²) in [6, 6.07) is 20.2. The molecule has 0 bridgehead atoms. The Labute approximate surface area is 303 Å². The lowest BCUT2D eigenvalue weighted by molar-refractivity contribution is -0.136. The molecular weight excluding hydrogens is 678 g/mol. The standard InChI is InChI=1S/C39H35N7O7/c1-21-44-45-36(51-21)31-19-41-34(20-40-31)53-27-11-6-23(7-12-27)39(2,3)22-4-9-26(10-5-22)52-28-16-25(17-28)42-24-8-13-29-30(18-24)38(50)46(37(29)49)32-14-15-33(47)43-35(32)48/h4-13,18-20,25,28,32,42H,14-17H2,1-3H3,(H,43,47,48)/t25-,28-,32?. The van der Waals surface area contributed by atoms with Crippen LogP contribution in [0.5, 0.6) is 17.4 Å². The molecule has 53 heavy (non-hydrogen) atoms. The highest BCUT2D eigenvalue weighted by Crippen LogP contribution is 2.36. The first-order chi connectivity index (χ1) is 25.5. The number of carbonyl (C=O) groups excluding carboxylic acids is 4. The minimum Gasteiger partial charge on any atom is -0.490 e. The van der Waals surface area contributed by atoms with Crippen molar-refractivity contribution in [1.82, 2.24) is 30.4 Å². The molecule has 2 aromatic heterocycles. The molecule has 8 rings (SSSR count). The SMILES string of the molecule is Cc1nnc(-c2cnc(Oc3ccc(C(C)(C)c4ccc(O[C@H]5C[C@H](Nc6ccc7c(c6)C(=O)N(C6CCC(=O)NC6=O)C7=O)C5)cc4)cc3)cn2)o1. The molecule has 2 fully saturated rings. The van der Waals surface area contributed by atoms with Crippen molar-refractivity contribution in [3.63, 3.8) is 0 Å². The Morgan fingerprint density at radius 2 is 1.55 bits per heavy atom. The zero-order valence-corrected chi connectivity index (χ0v) is 29.2. The van der Waals surface area contributed by atoms with Crippen LogP contribution in [0.1, 0.15) is 77.3 Å². The van der Waals surface area contributed by atoms with E-state index < -0.39 is 29.7 Å². The van der Waals surface area contributed by atoms with Gasteiger partial charge in [0.15, 0.2) is 0 Å². The minimum atomic E-state index is -0.991. The van der Waals surface area contributed by atoms with Gasteiger partial charge in [-0.25, -0.2) is 9.97 Å². The van der Waals surface area contributed by atoms with E-state index in [4.69, 9.17) is 13.9 Å². The highest BCUT2D eigenvalue weighted by Gasteiger charge is 2.45. The number of anilines is 1. The predicted octanol–water partition coefficient (Wildman–Crippen LogP) is 5.38. The van der Waals surface area contributed by atoms with Crippen LogP contribution in [0.2, 0.25) is 0 Å². The van der Waals surface area contributed by atoms with Crippen LogP contribution < -0.4 is 20.1 Å². The molecule has 0 spiro atoms. The van der Waals surface area contributed by atoms with Crippen LogP contribution in [-0.2, 0) is 15.0 Å². The van der Waals surface area contributed by atoms with Gasteiger partial charge in [0.2, 0.25) is 23.6 Å². The third-order valence-electron chi connectivity index (χ3n) is 9.96. The van der Waals surface area contributed by atoms with Gasteiger partial charge in [-0.1, -0.05) is 38.1 Å². The summed E-state index contributed by atoms with van der Waals surface area (Å²) in [6.07, 6.45) is 4.80. The molecule has 1 aliphatic carbocycles. The number of hydrogen-bond donors (Lipinski definition) is 2. The monoisotopic (exact) mass is 713 g/mol. The van der Waals surface area contributed by atoms with E-state index in [9.17, 15) is 19.2 Å². The summed E-state index contributed by atoms with van der Waals surface area (Å²) in [5, 5.41) is 13.4. The molecule has 3 aliphatic rings. The molecule has 268 valence electrons. The van der Waals surface area contributed by atoms with Gasteiger partial charge in [0.05, 0.1) is 23.5 Å². The number of carbonyl (C=O) groups is 4. The molecule has 4 amide bonds. The fourth-order valence-electron chi connectivity index (χ4n) is 6.83. The second-order valence-electron chi connectivity index (χ2n) is 13.9. The van der Waals surface area contributed by atoms with Gasteiger partial charge in [0.1, 0.15) is 29.3 Å². The highest BCUT2D eigenvalue weighted by molar-refractivity contribution is 6.23. The molecule has 4 heterocycles. The second-order valence-corrected chi connectivity index (χ2v) is 13.9. The Balaban J connectivity index is 0.829. The van der Waals surface area contributed by atoms with Crippen LogP contribution in [-0.4, -0.2) is 66.9 Å². The number of fused-ring (bicyclic) bond motifs is 1. The number of hydrogen-bond acceptors (Lipinski definition) is 12. The van der Waals surface area contributed by atoms with E-state index in [2.05, 4.69) is 56.8 Å². The van der Waals surface area contributed by atoms with E-state index in [1.165, 1.54) is 12.4 Å². The van der Waals surface area contributed by atoms with Crippen molar-refractivity contribution in [2.24, 2.45) is 0 Å². The van der Waals surface area contributed by atoms with E-state index in [1.54, 1.807) is 25.1 Å². The van der Waals surface area contributed by atoms with Crippen LogP contribution in [0.25, 0.3) is 11.6 Å². The van der Waals surface area contributed by atoms with E-state index in [-0.39, 0.29) is 41.5 Å². The number of nitrogens with one attached hydrogen (secondary N) is 2. The largest absolute Gasteiger partial charge is 0.490 e. The Morgan fingerprint density at radius 3 is 2.19 bits per heavy atom. The topological polar surface area (TPSA) is 179 Å². The maximum atomic E-state index is 13.2. The van der Waals surface area contributed by atoms with E-state index in [0.717, 1.165) is 34.6 Å². The van der Waals surface area contributed by atoms with Gasteiger partial charge in [-0.2, -0.15) is 0 Å². The molecule has 14 heteroatoms. The van der Waals surface area contributed by atoms with Crippen molar-refractivity contribution in [3.8, 4) is 29.0 Å². The zero-order chi connectivity index (χ0) is 36.9. The Hall–Kier alpha value is -6.44. The van der Waals surface area contributed by atoms with E-state index >= 15 is 0 Å². The van der Waals surface area contributed by atoms with Crippen molar-refractivity contribution in [2.45, 2.75) is 70.1 Å². The van der Waals surface area contributed by atoms with Gasteiger partial charge < -0.3 is 19.2 Å². The van der Waals surface area contributed by atoms with Crippen LogP contribution in [0, 0.1) is 6.92 Å². The van der Waals surface area contributed by atoms with Crippen molar-refractivity contribution < 1.29 is 33.1 Å². The first-order valence-corrected chi connectivity index (χ1v) is 17.3. The normalized spacial score (nSPS) is 19.8. The molecule has 14 nitrogen and oxygen atoms in total. The number of rotatable bonds is 10. The molecule has 0 radical (unpaired) electrons. The van der Waals surface area contributed by atoms with E-state index in [0.29, 0.717) is 34.8 Å². The predicted molar refractivity (Wildman–Crippen MR) is 189 cm³/mol. The molecule has 5 aromatic rings. The quantitative estimate of drug-likeness (QED) is 0.177. The minimum absolute atomic E-state index is 0.0310. The number of piperidine rings is 1. The number of aryl methyl sites for hydroxylation is 1.